The van der Waals surface area contributed by atoms with E-state index in [4.69, 9.17) is 5.73 Å². The van der Waals surface area contributed by atoms with E-state index in [-0.39, 0.29) is 5.91 Å². The molecule has 88 valence electrons. The van der Waals surface area contributed by atoms with Crippen molar-refractivity contribution in [1.29, 1.82) is 0 Å². The number of nitrogen functional groups attached to an aromatic ring is 1. The van der Waals surface area contributed by atoms with Crippen molar-refractivity contribution in [3.05, 3.63) is 36.0 Å². The highest BCUT2D eigenvalue weighted by molar-refractivity contribution is 5.94. The molecule has 0 radical (unpaired) electrons. The zero-order valence-electron chi connectivity index (χ0n) is 9.77. The Kier molecular flexibility index (Phi) is 2.82. The molecule has 0 aliphatic carbocycles. The molecule has 1 heterocycles. The summed E-state index contributed by atoms with van der Waals surface area (Å²) < 4.78 is 0. The van der Waals surface area contributed by atoms with Crippen LogP contribution in [0.3, 0.4) is 0 Å². The van der Waals surface area contributed by atoms with E-state index in [9.17, 15) is 4.79 Å². The number of hydrogen-bond donors (Lipinski definition) is 2. The lowest BCUT2D eigenvalue weighted by molar-refractivity contribution is 0.0827. The largest absolute Gasteiger partial charge is 0.396 e. The molecule has 3 N–H and O–H groups in total. The van der Waals surface area contributed by atoms with E-state index in [1.807, 2.05) is 12.1 Å². The molecule has 0 aliphatic rings. The molecule has 0 unspecified atom stereocenters. The van der Waals surface area contributed by atoms with Crippen molar-refractivity contribution in [3.8, 4) is 11.3 Å². The van der Waals surface area contributed by atoms with Gasteiger partial charge in [-0.1, -0.05) is 12.1 Å². The van der Waals surface area contributed by atoms with Gasteiger partial charge in [-0.3, -0.25) is 9.89 Å². The Morgan fingerprint density at radius 2 is 1.94 bits per heavy atom. The van der Waals surface area contributed by atoms with E-state index in [1.165, 1.54) is 0 Å². The molecule has 0 bridgehead atoms. The van der Waals surface area contributed by atoms with E-state index in [0.717, 1.165) is 11.3 Å². The smallest absolute Gasteiger partial charge is 0.253 e. The molecule has 0 fully saturated rings. The van der Waals surface area contributed by atoms with Crippen LogP contribution in [-0.2, 0) is 0 Å². The van der Waals surface area contributed by atoms with Gasteiger partial charge in [0.25, 0.3) is 5.91 Å². The summed E-state index contributed by atoms with van der Waals surface area (Å²) in [5.41, 5.74) is 8.68. The van der Waals surface area contributed by atoms with Crippen LogP contribution in [0.1, 0.15) is 10.4 Å². The summed E-state index contributed by atoms with van der Waals surface area (Å²) in [4.78, 5) is 13.2. The lowest BCUT2D eigenvalue weighted by Crippen LogP contribution is -2.21. The topological polar surface area (TPSA) is 75.0 Å². The molecular weight excluding hydrogens is 216 g/mol. The monoisotopic (exact) mass is 230 g/mol. The third-order valence-corrected chi connectivity index (χ3v) is 2.50. The molecule has 0 saturated carbocycles. The first kappa shape index (κ1) is 11.2. The van der Waals surface area contributed by atoms with Gasteiger partial charge in [-0.2, -0.15) is 5.10 Å². The first-order valence-corrected chi connectivity index (χ1v) is 5.20. The van der Waals surface area contributed by atoms with Gasteiger partial charge in [0.15, 0.2) is 0 Å². The number of benzene rings is 1. The summed E-state index contributed by atoms with van der Waals surface area (Å²) >= 11 is 0. The number of aromatic amines is 1. The quantitative estimate of drug-likeness (QED) is 0.818. The van der Waals surface area contributed by atoms with E-state index in [2.05, 4.69) is 10.2 Å². The third kappa shape index (κ3) is 2.13. The number of aromatic nitrogens is 2. The van der Waals surface area contributed by atoms with Crippen LogP contribution >= 0.6 is 0 Å². The molecule has 0 atom stereocenters. The Balaban J connectivity index is 2.31. The van der Waals surface area contributed by atoms with Crippen molar-refractivity contribution < 1.29 is 4.79 Å². The van der Waals surface area contributed by atoms with Crippen molar-refractivity contribution in [1.82, 2.24) is 15.1 Å². The first-order chi connectivity index (χ1) is 8.09. The summed E-state index contributed by atoms with van der Waals surface area (Å²) in [5.74, 6) is -0.0193. The van der Waals surface area contributed by atoms with Gasteiger partial charge in [0.2, 0.25) is 0 Å². The Morgan fingerprint density at radius 1 is 1.29 bits per heavy atom. The van der Waals surface area contributed by atoms with Gasteiger partial charge in [-0.25, -0.2) is 0 Å². The maximum Gasteiger partial charge on any atom is 0.253 e. The van der Waals surface area contributed by atoms with Crippen molar-refractivity contribution >= 4 is 11.6 Å². The highest BCUT2D eigenvalue weighted by atomic mass is 16.2. The van der Waals surface area contributed by atoms with Crippen molar-refractivity contribution in [2.24, 2.45) is 0 Å². The first-order valence-electron chi connectivity index (χ1n) is 5.20. The van der Waals surface area contributed by atoms with Gasteiger partial charge in [0.1, 0.15) is 0 Å². The standard InChI is InChI=1S/C12H14N4O/c1-16(2)12(17)9-5-3-8(4-6-9)11-10(13)7-14-15-11/h3-7H,13H2,1-2H3,(H,14,15). The highest BCUT2D eigenvalue weighted by Crippen LogP contribution is 2.22. The molecular formula is C12H14N4O. The molecule has 5 heteroatoms. The van der Waals surface area contributed by atoms with Crippen LogP contribution in [0.25, 0.3) is 11.3 Å². The number of rotatable bonds is 2. The number of nitrogens with one attached hydrogen (secondary N) is 1. The van der Waals surface area contributed by atoms with Crippen LogP contribution in [0.15, 0.2) is 30.5 Å². The van der Waals surface area contributed by atoms with Gasteiger partial charge in [0, 0.05) is 25.2 Å². The minimum atomic E-state index is -0.0193. The fourth-order valence-electron chi connectivity index (χ4n) is 1.56. The predicted octanol–water partition coefficient (Wildman–Crippen LogP) is 1.36. The second-order valence-electron chi connectivity index (χ2n) is 3.98. The Labute approximate surface area is 99.2 Å². The molecule has 0 aliphatic heterocycles. The van der Waals surface area contributed by atoms with Crippen molar-refractivity contribution in [3.63, 3.8) is 0 Å². The average molecular weight is 230 g/mol. The van der Waals surface area contributed by atoms with E-state index >= 15 is 0 Å². The fourth-order valence-corrected chi connectivity index (χ4v) is 1.56. The summed E-state index contributed by atoms with van der Waals surface area (Å²) in [6.07, 6.45) is 1.56. The highest BCUT2D eigenvalue weighted by Gasteiger charge is 2.09. The molecule has 17 heavy (non-hydrogen) atoms. The molecule has 0 saturated heterocycles. The summed E-state index contributed by atoms with van der Waals surface area (Å²) in [6, 6.07) is 7.25. The van der Waals surface area contributed by atoms with Gasteiger partial charge >= 0.3 is 0 Å². The molecule has 1 amide bonds. The molecule has 1 aromatic heterocycles. The lowest BCUT2D eigenvalue weighted by Gasteiger charge is -2.10. The molecule has 2 aromatic rings. The lowest BCUT2D eigenvalue weighted by atomic mass is 10.1. The number of nitrogens with two attached hydrogens (primary N) is 1. The predicted molar refractivity (Wildman–Crippen MR) is 66.5 cm³/mol. The van der Waals surface area contributed by atoms with Crippen molar-refractivity contribution in [2.45, 2.75) is 0 Å². The van der Waals surface area contributed by atoms with Gasteiger partial charge in [0.05, 0.1) is 17.6 Å². The van der Waals surface area contributed by atoms with Gasteiger partial charge in [-0.05, 0) is 12.1 Å². The van der Waals surface area contributed by atoms with Crippen LogP contribution in [0.4, 0.5) is 5.69 Å². The second kappa shape index (κ2) is 4.29. The zero-order valence-corrected chi connectivity index (χ0v) is 9.77. The van der Waals surface area contributed by atoms with Crippen LogP contribution < -0.4 is 5.73 Å². The normalized spacial score (nSPS) is 10.2. The van der Waals surface area contributed by atoms with E-state index < -0.39 is 0 Å². The number of carbonyl (C=O) groups is 1. The number of H-pyrrole nitrogens is 1. The minimum Gasteiger partial charge on any atom is -0.396 e. The fraction of sp³-hybridized carbons (Fsp3) is 0.167. The van der Waals surface area contributed by atoms with Crippen molar-refractivity contribution in [2.75, 3.05) is 19.8 Å². The van der Waals surface area contributed by atoms with E-state index in [1.54, 1.807) is 37.3 Å². The van der Waals surface area contributed by atoms with Crippen LogP contribution in [-0.4, -0.2) is 35.1 Å². The Hall–Kier alpha value is -2.30. The van der Waals surface area contributed by atoms with Gasteiger partial charge < -0.3 is 10.6 Å². The number of amides is 1. The van der Waals surface area contributed by atoms with E-state index in [0.29, 0.717) is 11.3 Å². The maximum atomic E-state index is 11.7. The molecule has 1 aromatic carbocycles. The zero-order chi connectivity index (χ0) is 12.4. The minimum absolute atomic E-state index is 0.0193. The number of nitrogens with zero attached hydrogens (tertiary/aromatic N) is 2. The number of hydrogen-bond acceptors (Lipinski definition) is 3. The maximum absolute atomic E-state index is 11.7. The SMILES string of the molecule is CN(C)C(=O)c1ccc(-c2[nH]ncc2N)cc1. The third-order valence-electron chi connectivity index (χ3n) is 2.50. The Bertz CT molecular complexity index is 528. The van der Waals surface area contributed by atoms with Gasteiger partial charge in [-0.15, -0.1) is 0 Å². The molecule has 5 nitrogen and oxygen atoms in total. The molecule has 2 rings (SSSR count). The Morgan fingerprint density at radius 3 is 2.41 bits per heavy atom. The summed E-state index contributed by atoms with van der Waals surface area (Å²) in [5, 5.41) is 6.68. The van der Waals surface area contributed by atoms with Crippen LogP contribution in [0.5, 0.6) is 0 Å². The number of anilines is 1. The van der Waals surface area contributed by atoms with Crippen LogP contribution in [0.2, 0.25) is 0 Å². The average Bonchev–Trinajstić information content (AvgIpc) is 2.74. The molecule has 0 spiro atoms. The second-order valence-corrected chi connectivity index (χ2v) is 3.98. The summed E-state index contributed by atoms with van der Waals surface area (Å²) in [6.45, 7) is 0. The van der Waals surface area contributed by atoms with Crippen LogP contribution in [0, 0.1) is 0 Å². The summed E-state index contributed by atoms with van der Waals surface area (Å²) in [7, 11) is 3.45. The number of carbonyl (C=O) groups excluding carboxylic acids is 1.